The number of nitrogens with one attached hydrogen (secondary N) is 1. The fraction of sp³-hybridized carbons (Fsp3) is 0.231. The molecule has 1 aromatic carbocycles. The second-order valence-electron chi connectivity index (χ2n) is 3.92. The smallest absolute Gasteiger partial charge is 0.223 e. The molecule has 4 heteroatoms. The Bertz CT molecular complexity index is 506. The van der Waals surface area contributed by atoms with Gasteiger partial charge >= 0.3 is 0 Å². The Morgan fingerprint density at radius 1 is 1.12 bits per heavy atom. The topological polar surface area (TPSA) is 37.8 Å². The van der Waals surface area contributed by atoms with Gasteiger partial charge in [0.05, 0.1) is 0 Å². The molecule has 2 rings (SSSR count). The van der Waals surface area contributed by atoms with Gasteiger partial charge in [0, 0.05) is 23.5 Å². The molecule has 1 aromatic heterocycles. The van der Waals surface area contributed by atoms with E-state index in [1.54, 1.807) is 12.1 Å². The van der Waals surface area contributed by atoms with Crippen molar-refractivity contribution in [2.45, 2.75) is 20.4 Å². The van der Waals surface area contributed by atoms with Crippen molar-refractivity contribution < 1.29 is 4.39 Å². The number of nitrogens with zero attached hydrogens (tertiary/aromatic N) is 2. The van der Waals surface area contributed by atoms with Gasteiger partial charge in [-0.25, -0.2) is 14.4 Å². The molecule has 1 N–H and O–H groups in total. The summed E-state index contributed by atoms with van der Waals surface area (Å²) < 4.78 is 13.4. The molecule has 88 valence electrons. The van der Waals surface area contributed by atoms with E-state index in [1.807, 2.05) is 26.0 Å². The van der Waals surface area contributed by atoms with E-state index in [2.05, 4.69) is 15.3 Å². The van der Waals surface area contributed by atoms with Crippen LogP contribution in [0.15, 0.2) is 30.3 Å². The SMILES string of the molecule is Cc1cc(C)nc(NCc2ccccc2F)n1. The molecule has 0 fully saturated rings. The summed E-state index contributed by atoms with van der Waals surface area (Å²) in [6.45, 7) is 4.20. The fourth-order valence-electron chi connectivity index (χ4n) is 1.62. The zero-order valence-corrected chi connectivity index (χ0v) is 9.87. The number of hydrogen-bond donors (Lipinski definition) is 1. The van der Waals surface area contributed by atoms with Gasteiger partial charge in [0.25, 0.3) is 0 Å². The van der Waals surface area contributed by atoms with Gasteiger partial charge in [0.2, 0.25) is 5.95 Å². The van der Waals surface area contributed by atoms with Crippen LogP contribution in [-0.4, -0.2) is 9.97 Å². The quantitative estimate of drug-likeness (QED) is 0.882. The monoisotopic (exact) mass is 231 g/mol. The van der Waals surface area contributed by atoms with Gasteiger partial charge in [0.15, 0.2) is 0 Å². The van der Waals surface area contributed by atoms with Crippen LogP contribution in [0.4, 0.5) is 10.3 Å². The van der Waals surface area contributed by atoms with Crippen molar-refractivity contribution >= 4 is 5.95 Å². The molecule has 0 amide bonds. The summed E-state index contributed by atoms with van der Waals surface area (Å²) in [7, 11) is 0. The van der Waals surface area contributed by atoms with Crippen LogP contribution in [0.5, 0.6) is 0 Å². The molecule has 0 saturated heterocycles. The molecule has 0 spiro atoms. The highest BCUT2D eigenvalue weighted by molar-refractivity contribution is 5.30. The first-order valence-electron chi connectivity index (χ1n) is 5.45. The minimum Gasteiger partial charge on any atom is -0.350 e. The van der Waals surface area contributed by atoms with E-state index in [9.17, 15) is 4.39 Å². The highest BCUT2D eigenvalue weighted by Crippen LogP contribution is 2.09. The highest BCUT2D eigenvalue weighted by atomic mass is 19.1. The molecule has 0 atom stereocenters. The second kappa shape index (κ2) is 4.91. The first-order chi connectivity index (χ1) is 8.15. The standard InChI is InChI=1S/C13H14FN3/c1-9-7-10(2)17-13(16-9)15-8-11-5-3-4-6-12(11)14/h3-7H,8H2,1-2H3,(H,15,16,17). The third-order valence-corrected chi connectivity index (χ3v) is 2.38. The highest BCUT2D eigenvalue weighted by Gasteiger charge is 2.02. The van der Waals surface area contributed by atoms with Crippen molar-refractivity contribution in [3.63, 3.8) is 0 Å². The predicted octanol–water partition coefficient (Wildman–Crippen LogP) is 2.84. The number of hydrogen-bond acceptors (Lipinski definition) is 3. The Labute approximate surface area is 99.7 Å². The largest absolute Gasteiger partial charge is 0.350 e. The number of aryl methyl sites for hydroxylation is 2. The van der Waals surface area contributed by atoms with Crippen molar-refractivity contribution in [1.29, 1.82) is 0 Å². The Kier molecular flexibility index (Phi) is 3.32. The maximum Gasteiger partial charge on any atom is 0.223 e. The minimum absolute atomic E-state index is 0.218. The van der Waals surface area contributed by atoms with Crippen LogP contribution in [0.25, 0.3) is 0 Å². The summed E-state index contributed by atoms with van der Waals surface area (Å²) in [6, 6.07) is 8.56. The zero-order chi connectivity index (χ0) is 12.3. The van der Waals surface area contributed by atoms with Crippen LogP contribution >= 0.6 is 0 Å². The first-order valence-corrected chi connectivity index (χ1v) is 5.45. The molecule has 1 heterocycles. The summed E-state index contributed by atoms with van der Waals surface area (Å²) in [5, 5.41) is 3.02. The average Bonchev–Trinajstić information content (AvgIpc) is 2.27. The van der Waals surface area contributed by atoms with Gasteiger partial charge in [-0.3, -0.25) is 0 Å². The number of aromatic nitrogens is 2. The maximum absolute atomic E-state index is 13.4. The van der Waals surface area contributed by atoms with Crippen LogP contribution in [0.3, 0.4) is 0 Å². The summed E-state index contributed by atoms with van der Waals surface area (Å²) >= 11 is 0. The second-order valence-corrected chi connectivity index (χ2v) is 3.92. The van der Waals surface area contributed by atoms with E-state index in [0.29, 0.717) is 18.1 Å². The molecule has 0 saturated carbocycles. The van der Waals surface area contributed by atoms with E-state index in [-0.39, 0.29) is 5.82 Å². The van der Waals surface area contributed by atoms with Crippen LogP contribution in [-0.2, 0) is 6.54 Å². The lowest BCUT2D eigenvalue weighted by molar-refractivity contribution is 0.612. The van der Waals surface area contributed by atoms with Crippen LogP contribution < -0.4 is 5.32 Å². The van der Waals surface area contributed by atoms with E-state index >= 15 is 0 Å². The summed E-state index contributed by atoms with van der Waals surface area (Å²) in [6.07, 6.45) is 0. The molecule has 0 aliphatic heterocycles. The Balaban J connectivity index is 2.10. The lowest BCUT2D eigenvalue weighted by Gasteiger charge is -2.07. The van der Waals surface area contributed by atoms with Crippen molar-refractivity contribution in [3.05, 3.63) is 53.1 Å². The first kappa shape index (κ1) is 11.5. The minimum atomic E-state index is -0.218. The predicted molar refractivity (Wildman–Crippen MR) is 65.2 cm³/mol. The maximum atomic E-state index is 13.4. The van der Waals surface area contributed by atoms with Gasteiger partial charge in [-0.1, -0.05) is 18.2 Å². The molecule has 0 radical (unpaired) electrons. The van der Waals surface area contributed by atoms with Crippen molar-refractivity contribution in [3.8, 4) is 0 Å². The molecule has 2 aromatic rings. The number of rotatable bonds is 3. The van der Waals surface area contributed by atoms with Crippen LogP contribution in [0.2, 0.25) is 0 Å². The summed E-state index contributed by atoms with van der Waals surface area (Å²) in [5.41, 5.74) is 2.40. The van der Waals surface area contributed by atoms with Crippen LogP contribution in [0.1, 0.15) is 17.0 Å². The van der Waals surface area contributed by atoms with E-state index in [4.69, 9.17) is 0 Å². The van der Waals surface area contributed by atoms with E-state index in [1.165, 1.54) is 6.07 Å². The van der Waals surface area contributed by atoms with Crippen molar-refractivity contribution in [2.75, 3.05) is 5.32 Å². The number of anilines is 1. The van der Waals surface area contributed by atoms with Gasteiger partial charge in [-0.05, 0) is 26.0 Å². The van der Waals surface area contributed by atoms with Gasteiger partial charge in [0.1, 0.15) is 5.82 Å². The van der Waals surface area contributed by atoms with E-state index in [0.717, 1.165) is 11.4 Å². The summed E-state index contributed by atoms with van der Waals surface area (Å²) in [5.74, 6) is 0.315. The number of halogens is 1. The molecular formula is C13H14FN3. The molecule has 17 heavy (non-hydrogen) atoms. The van der Waals surface area contributed by atoms with E-state index < -0.39 is 0 Å². The zero-order valence-electron chi connectivity index (χ0n) is 9.87. The third kappa shape index (κ3) is 3.00. The number of benzene rings is 1. The Morgan fingerprint density at radius 3 is 2.41 bits per heavy atom. The van der Waals surface area contributed by atoms with Crippen molar-refractivity contribution in [1.82, 2.24) is 9.97 Å². The third-order valence-electron chi connectivity index (χ3n) is 2.38. The Morgan fingerprint density at radius 2 is 1.76 bits per heavy atom. The van der Waals surface area contributed by atoms with Crippen molar-refractivity contribution in [2.24, 2.45) is 0 Å². The van der Waals surface area contributed by atoms with Gasteiger partial charge in [-0.2, -0.15) is 0 Å². The summed E-state index contributed by atoms with van der Waals surface area (Å²) in [4.78, 5) is 8.47. The molecule has 0 unspecified atom stereocenters. The Hall–Kier alpha value is -1.97. The van der Waals surface area contributed by atoms with Crippen LogP contribution in [0, 0.1) is 19.7 Å². The lowest BCUT2D eigenvalue weighted by atomic mass is 10.2. The normalized spacial score (nSPS) is 10.3. The van der Waals surface area contributed by atoms with Gasteiger partial charge in [-0.15, -0.1) is 0 Å². The lowest BCUT2D eigenvalue weighted by Crippen LogP contribution is -2.06. The van der Waals surface area contributed by atoms with Gasteiger partial charge < -0.3 is 5.32 Å². The fourth-order valence-corrected chi connectivity index (χ4v) is 1.62. The molecular weight excluding hydrogens is 217 g/mol. The molecule has 0 aliphatic carbocycles. The molecule has 0 aliphatic rings. The molecule has 3 nitrogen and oxygen atoms in total. The molecule has 0 bridgehead atoms. The average molecular weight is 231 g/mol.